The van der Waals surface area contributed by atoms with Crippen LogP contribution in [0.4, 0.5) is 0 Å². The summed E-state index contributed by atoms with van der Waals surface area (Å²) >= 11 is 0. The molecule has 2 rings (SSSR count). The lowest BCUT2D eigenvalue weighted by Crippen LogP contribution is -2.32. The summed E-state index contributed by atoms with van der Waals surface area (Å²) in [5.74, 6) is -0.414. The first kappa shape index (κ1) is 20.5. The lowest BCUT2D eigenvalue weighted by Gasteiger charge is -2.27. The number of hydrogen-bond acceptors (Lipinski definition) is 5. The largest absolute Gasteiger partial charge is 0.434 e. The molecule has 2 aromatic carbocycles. The maximum Gasteiger partial charge on any atom is 0.304 e. The smallest absolute Gasteiger partial charge is 0.304 e. The van der Waals surface area contributed by atoms with Crippen LogP contribution < -0.4 is 0 Å². The number of hydroxylamine groups is 2. The highest BCUT2D eigenvalue weighted by Gasteiger charge is 2.18. The number of ether oxygens (including phenoxy) is 1. The molecule has 0 aliphatic carbocycles. The Labute approximate surface area is 159 Å². The molecule has 0 bridgehead atoms. The summed E-state index contributed by atoms with van der Waals surface area (Å²) in [6.07, 6.45) is 0.273. The molecule has 27 heavy (non-hydrogen) atoms. The number of azide groups is 1. The fraction of sp³-hybridized carbons (Fsp3) is 0.350. The predicted octanol–water partition coefficient (Wildman–Crippen LogP) is 4.60. The summed E-state index contributed by atoms with van der Waals surface area (Å²) in [5.41, 5.74) is 10.6. The van der Waals surface area contributed by atoms with Gasteiger partial charge in [-0.3, -0.25) is 9.63 Å². The summed E-state index contributed by atoms with van der Waals surface area (Å²) in [4.78, 5) is 20.2. The number of carbonyl (C=O) groups is 1. The van der Waals surface area contributed by atoms with Crippen molar-refractivity contribution in [3.63, 3.8) is 0 Å². The van der Waals surface area contributed by atoms with Crippen molar-refractivity contribution in [3.8, 4) is 0 Å². The van der Waals surface area contributed by atoms with Gasteiger partial charge in [0.15, 0.2) is 0 Å². The van der Waals surface area contributed by atoms with Crippen molar-refractivity contribution < 1.29 is 14.4 Å². The summed E-state index contributed by atoms with van der Waals surface area (Å²) in [6, 6.07) is 19.9. The van der Waals surface area contributed by atoms with Crippen molar-refractivity contribution in [2.24, 2.45) is 5.11 Å². The van der Waals surface area contributed by atoms with Gasteiger partial charge in [-0.15, -0.1) is 0 Å². The molecule has 0 saturated heterocycles. The first-order valence-corrected chi connectivity index (χ1v) is 8.85. The van der Waals surface area contributed by atoms with E-state index in [-0.39, 0.29) is 0 Å². The number of rotatable bonds is 11. The van der Waals surface area contributed by atoms with Gasteiger partial charge in [-0.1, -0.05) is 65.8 Å². The number of carbonyl (C=O) groups excluding carboxylic acids is 1. The predicted molar refractivity (Wildman–Crippen MR) is 102 cm³/mol. The number of nitrogens with zero attached hydrogens (tertiary/aromatic N) is 4. The normalized spacial score (nSPS) is 11.6. The molecule has 7 nitrogen and oxygen atoms in total. The van der Waals surface area contributed by atoms with Crippen molar-refractivity contribution in [2.75, 3.05) is 6.54 Å². The lowest BCUT2D eigenvalue weighted by atomic mass is 10.2. The molecule has 1 atom stereocenters. The standard InChI is InChI=1S/C20H24N4O3/c1-17(25)26-20(13-8-14-22-23-21)27-24(15-18-9-4-2-5-10-18)16-19-11-6-3-7-12-19/h2-7,9-12,20H,8,13-16H2,1H3. The Morgan fingerprint density at radius 2 is 1.63 bits per heavy atom. The SMILES string of the molecule is CC(=O)OC(CCCN=[N+]=[N-])ON(Cc1ccccc1)Cc1ccccc1. The van der Waals surface area contributed by atoms with E-state index in [1.807, 2.05) is 60.7 Å². The van der Waals surface area contributed by atoms with Crippen LogP contribution in [0.3, 0.4) is 0 Å². The molecular formula is C20H24N4O3. The highest BCUT2D eigenvalue weighted by atomic mass is 16.8. The number of benzene rings is 2. The van der Waals surface area contributed by atoms with Crippen molar-refractivity contribution in [1.29, 1.82) is 0 Å². The zero-order valence-corrected chi connectivity index (χ0v) is 15.4. The molecule has 0 radical (unpaired) electrons. The minimum Gasteiger partial charge on any atom is -0.434 e. The lowest BCUT2D eigenvalue weighted by molar-refractivity contribution is -0.282. The second-order valence-corrected chi connectivity index (χ2v) is 6.01. The molecular weight excluding hydrogens is 344 g/mol. The van der Waals surface area contributed by atoms with E-state index in [0.29, 0.717) is 32.5 Å². The summed E-state index contributed by atoms with van der Waals surface area (Å²) in [5, 5.41) is 5.29. The fourth-order valence-electron chi connectivity index (χ4n) is 2.56. The molecule has 1 unspecified atom stereocenters. The third kappa shape index (κ3) is 8.37. The monoisotopic (exact) mass is 368 g/mol. The zero-order valence-electron chi connectivity index (χ0n) is 15.4. The average Bonchev–Trinajstić information content (AvgIpc) is 2.66. The van der Waals surface area contributed by atoms with Crippen LogP contribution in [0, 0.1) is 0 Å². The highest BCUT2D eigenvalue weighted by molar-refractivity contribution is 5.66. The molecule has 0 heterocycles. The van der Waals surface area contributed by atoms with Crippen molar-refractivity contribution in [1.82, 2.24) is 5.06 Å². The summed E-state index contributed by atoms with van der Waals surface area (Å²) < 4.78 is 5.30. The fourth-order valence-corrected chi connectivity index (χ4v) is 2.56. The van der Waals surface area contributed by atoms with E-state index >= 15 is 0 Å². The Balaban J connectivity index is 2.07. The highest BCUT2D eigenvalue weighted by Crippen LogP contribution is 2.15. The van der Waals surface area contributed by atoms with Gasteiger partial charge in [-0.25, -0.2) is 0 Å². The molecule has 0 aliphatic rings. The van der Waals surface area contributed by atoms with Crippen molar-refractivity contribution >= 4 is 5.97 Å². The number of esters is 1. The Kier molecular flexibility index (Phi) is 8.86. The first-order chi connectivity index (χ1) is 13.2. The van der Waals surface area contributed by atoms with Gasteiger partial charge in [0.05, 0.1) is 0 Å². The van der Waals surface area contributed by atoms with Gasteiger partial charge in [0.1, 0.15) is 0 Å². The molecule has 0 spiro atoms. The maximum absolute atomic E-state index is 11.4. The summed E-state index contributed by atoms with van der Waals surface area (Å²) in [7, 11) is 0. The third-order valence-electron chi connectivity index (χ3n) is 3.73. The van der Waals surface area contributed by atoms with E-state index < -0.39 is 12.3 Å². The molecule has 0 amide bonds. The maximum atomic E-state index is 11.4. The van der Waals surface area contributed by atoms with Crippen LogP contribution >= 0.6 is 0 Å². The zero-order chi connectivity index (χ0) is 19.3. The molecule has 0 N–H and O–H groups in total. The average molecular weight is 368 g/mol. The molecule has 0 aromatic heterocycles. The molecule has 2 aromatic rings. The molecule has 0 fully saturated rings. The van der Waals surface area contributed by atoms with Crippen molar-refractivity contribution in [3.05, 3.63) is 82.2 Å². The van der Waals surface area contributed by atoms with Gasteiger partial charge in [0.2, 0.25) is 6.29 Å². The van der Waals surface area contributed by atoms with E-state index in [1.54, 1.807) is 5.06 Å². The summed E-state index contributed by atoms with van der Waals surface area (Å²) in [6.45, 7) is 2.77. The van der Waals surface area contributed by atoms with E-state index in [4.69, 9.17) is 15.1 Å². The van der Waals surface area contributed by atoms with E-state index in [2.05, 4.69) is 10.0 Å². The second-order valence-electron chi connectivity index (χ2n) is 6.01. The molecule has 7 heteroatoms. The van der Waals surface area contributed by atoms with Gasteiger partial charge in [0, 0.05) is 37.9 Å². The Hall–Kier alpha value is -2.86. The Bertz CT molecular complexity index is 692. The van der Waals surface area contributed by atoms with Crippen molar-refractivity contribution in [2.45, 2.75) is 39.1 Å². The minimum absolute atomic E-state index is 0.328. The Morgan fingerprint density at radius 1 is 1.07 bits per heavy atom. The van der Waals surface area contributed by atoms with Gasteiger partial charge in [-0.05, 0) is 23.1 Å². The second kappa shape index (κ2) is 11.7. The van der Waals surface area contributed by atoms with Crippen LogP contribution in [0.15, 0.2) is 65.8 Å². The van der Waals surface area contributed by atoms with Gasteiger partial charge in [-0.2, -0.15) is 5.06 Å². The first-order valence-electron chi connectivity index (χ1n) is 8.85. The van der Waals surface area contributed by atoms with Crippen LogP contribution in [0.25, 0.3) is 10.4 Å². The third-order valence-corrected chi connectivity index (χ3v) is 3.73. The van der Waals surface area contributed by atoms with Gasteiger partial charge in [0.25, 0.3) is 0 Å². The van der Waals surface area contributed by atoms with Crippen LogP contribution in [-0.2, 0) is 27.5 Å². The quantitative estimate of drug-likeness (QED) is 0.110. The van der Waals surface area contributed by atoms with E-state index in [9.17, 15) is 4.79 Å². The van der Waals surface area contributed by atoms with Crippen LogP contribution in [0.5, 0.6) is 0 Å². The molecule has 0 aliphatic heterocycles. The molecule has 142 valence electrons. The Morgan fingerprint density at radius 3 is 2.11 bits per heavy atom. The van der Waals surface area contributed by atoms with Crippen LogP contribution in [0.1, 0.15) is 30.9 Å². The van der Waals surface area contributed by atoms with Crippen LogP contribution in [0.2, 0.25) is 0 Å². The molecule has 0 saturated carbocycles. The van der Waals surface area contributed by atoms with Gasteiger partial charge < -0.3 is 4.74 Å². The number of hydrogen-bond donors (Lipinski definition) is 0. The van der Waals surface area contributed by atoms with Gasteiger partial charge >= 0.3 is 5.97 Å². The topological polar surface area (TPSA) is 87.5 Å². The van der Waals surface area contributed by atoms with Crippen LogP contribution in [-0.4, -0.2) is 23.9 Å². The minimum atomic E-state index is -0.733. The van der Waals surface area contributed by atoms with E-state index in [1.165, 1.54) is 6.92 Å². The van der Waals surface area contributed by atoms with E-state index in [0.717, 1.165) is 11.1 Å².